The normalized spacial score (nSPS) is 10.8. The molecule has 0 aliphatic carbocycles. The Hall–Kier alpha value is -2.59. The van der Waals surface area contributed by atoms with E-state index in [4.69, 9.17) is 16.0 Å². The van der Waals surface area contributed by atoms with E-state index in [0.717, 1.165) is 11.3 Å². The lowest BCUT2D eigenvalue weighted by molar-refractivity contribution is 0.0954. The number of aliphatic imine (C=N–C) groups is 1. The van der Waals surface area contributed by atoms with E-state index in [-0.39, 0.29) is 29.9 Å². The van der Waals surface area contributed by atoms with Crippen molar-refractivity contribution in [3.05, 3.63) is 77.1 Å². The van der Waals surface area contributed by atoms with Gasteiger partial charge in [-0.25, -0.2) is 9.98 Å². The van der Waals surface area contributed by atoms with Gasteiger partial charge in [-0.1, -0.05) is 41.9 Å². The van der Waals surface area contributed by atoms with E-state index >= 15 is 0 Å². The van der Waals surface area contributed by atoms with Crippen LogP contribution in [-0.2, 0) is 6.54 Å². The molecule has 0 aliphatic heterocycles. The molecular formula is C22H25ClIN5O2. The molecule has 1 amide bonds. The summed E-state index contributed by atoms with van der Waals surface area (Å²) < 4.78 is 5.54. The maximum Gasteiger partial charge on any atom is 0.252 e. The first-order valence-corrected chi connectivity index (χ1v) is 10.1. The first-order chi connectivity index (χ1) is 14.7. The summed E-state index contributed by atoms with van der Waals surface area (Å²) in [4.78, 5) is 21.2. The van der Waals surface area contributed by atoms with Gasteiger partial charge in [-0.15, -0.1) is 24.0 Å². The highest BCUT2D eigenvalue weighted by Crippen LogP contribution is 2.18. The van der Waals surface area contributed by atoms with Gasteiger partial charge in [-0.3, -0.25) is 4.79 Å². The molecule has 0 saturated carbocycles. The smallest absolute Gasteiger partial charge is 0.252 e. The minimum atomic E-state index is -0.208. The van der Waals surface area contributed by atoms with Crippen molar-refractivity contribution in [2.75, 3.05) is 19.6 Å². The fraction of sp³-hybridized carbons (Fsp3) is 0.227. The molecule has 9 heteroatoms. The fourth-order valence-corrected chi connectivity index (χ4v) is 2.91. The van der Waals surface area contributed by atoms with Crippen LogP contribution in [0.3, 0.4) is 0 Å². The summed E-state index contributed by atoms with van der Waals surface area (Å²) in [6.07, 6.45) is 1.61. The van der Waals surface area contributed by atoms with Crippen LogP contribution in [0.4, 0.5) is 0 Å². The molecule has 3 N–H and O–H groups in total. The first-order valence-electron chi connectivity index (χ1n) is 9.72. The Balaban J connectivity index is 0.00000341. The van der Waals surface area contributed by atoms with Crippen molar-refractivity contribution < 1.29 is 9.21 Å². The second-order valence-electron chi connectivity index (χ2n) is 6.37. The Labute approximate surface area is 203 Å². The monoisotopic (exact) mass is 553 g/mol. The van der Waals surface area contributed by atoms with Crippen LogP contribution < -0.4 is 16.0 Å². The van der Waals surface area contributed by atoms with Gasteiger partial charge in [0.1, 0.15) is 12.0 Å². The average Bonchev–Trinajstić information content (AvgIpc) is 3.25. The van der Waals surface area contributed by atoms with Crippen molar-refractivity contribution in [3.63, 3.8) is 0 Å². The zero-order chi connectivity index (χ0) is 21.2. The minimum absolute atomic E-state index is 0. The number of oxazole rings is 1. The van der Waals surface area contributed by atoms with Crippen LogP contribution in [0, 0.1) is 0 Å². The van der Waals surface area contributed by atoms with Gasteiger partial charge in [0.25, 0.3) is 5.91 Å². The molecule has 0 unspecified atom stereocenters. The number of nitrogens with one attached hydrogen (secondary N) is 3. The number of guanidine groups is 1. The third-order valence-electron chi connectivity index (χ3n) is 4.14. The SMILES string of the molecule is CCNC(=NCc1coc(-c2ccccc2)n1)NCCNC(=O)c1ccccc1Cl.I. The highest BCUT2D eigenvalue weighted by Gasteiger charge is 2.09. The van der Waals surface area contributed by atoms with Crippen molar-refractivity contribution in [2.24, 2.45) is 4.99 Å². The van der Waals surface area contributed by atoms with E-state index in [1.807, 2.05) is 37.3 Å². The second-order valence-corrected chi connectivity index (χ2v) is 6.77. The lowest BCUT2D eigenvalue weighted by Gasteiger charge is -2.12. The Kier molecular flexibility index (Phi) is 10.3. The molecule has 0 atom stereocenters. The zero-order valence-electron chi connectivity index (χ0n) is 17.1. The molecule has 1 aromatic heterocycles. The molecular weight excluding hydrogens is 529 g/mol. The molecule has 164 valence electrons. The van der Waals surface area contributed by atoms with Gasteiger partial charge in [0.2, 0.25) is 5.89 Å². The topological polar surface area (TPSA) is 91.6 Å². The number of carbonyl (C=O) groups is 1. The minimum Gasteiger partial charge on any atom is -0.444 e. The van der Waals surface area contributed by atoms with E-state index in [1.54, 1.807) is 30.5 Å². The van der Waals surface area contributed by atoms with Crippen LogP contribution in [-0.4, -0.2) is 36.5 Å². The molecule has 3 rings (SSSR count). The summed E-state index contributed by atoms with van der Waals surface area (Å²) in [6, 6.07) is 16.7. The van der Waals surface area contributed by atoms with E-state index < -0.39 is 0 Å². The largest absolute Gasteiger partial charge is 0.444 e. The van der Waals surface area contributed by atoms with Gasteiger partial charge in [0.05, 0.1) is 17.1 Å². The summed E-state index contributed by atoms with van der Waals surface area (Å²) >= 11 is 6.04. The Morgan fingerprint density at radius 2 is 1.74 bits per heavy atom. The van der Waals surface area contributed by atoms with Crippen LogP contribution in [0.25, 0.3) is 11.5 Å². The molecule has 0 bridgehead atoms. The third-order valence-corrected chi connectivity index (χ3v) is 4.47. The summed E-state index contributed by atoms with van der Waals surface area (Å²) in [5.41, 5.74) is 2.12. The molecule has 0 radical (unpaired) electrons. The fourth-order valence-electron chi connectivity index (χ4n) is 2.69. The Bertz CT molecular complexity index is 994. The molecule has 2 aromatic carbocycles. The van der Waals surface area contributed by atoms with E-state index in [2.05, 4.69) is 25.9 Å². The number of aromatic nitrogens is 1. The van der Waals surface area contributed by atoms with Gasteiger partial charge in [-0.05, 0) is 31.2 Å². The van der Waals surface area contributed by atoms with Gasteiger partial charge < -0.3 is 20.4 Å². The quantitative estimate of drug-likeness (QED) is 0.169. The van der Waals surface area contributed by atoms with Crippen LogP contribution >= 0.6 is 35.6 Å². The predicted octanol–water partition coefficient (Wildman–Crippen LogP) is 4.10. The number of hydrogen-bond donors (Lipinski definition) is 3. The number of carbonyl (C=O) groups excluding carboxylic acids is 1. The molecule has 0 spiro atoms. The zero-order valence-corrected chi connectivity index (χ0v) is 20.2. The van der Waals surface area contributed by atoms with Crippen LogP contribution in [0.1, 0.15) is 23.0 Å². The van der Waals surface area contributed by atoms with E-state index in [1.165, 1.54) is 0 Å². The van der Waals surface area contributed by atoms with Crippen LogP contribution in [0.5, 0.6) is 0 Å². The molecule has 0 aliphatic rings. The van der Waals surface area contributed by atoms with Crippen molar-refractivity contribution in [2.45, 2.75) is 13.5 Å². The van der Waals surface area contributed by atoms with Crippen molar-refractivity contribution in [3.8, 4) is 11.5 Å². The Morgan fingerprint density at radius 1 is 1.03 bits per heavy atom. The first kappa shape index (κ1) is 24.7. The number of amides is 1. The number of halogens is 2. The van der Waals surface area contributed by atoms with Gasteiger partial charge in [0.15, 0.2) is 5.96 Å². The van der Waals surface area contributed by atoms with Gasteiger partial charge in [0, 0.05) is 25.2 Å². The average molecular weight is 554 g/mol. The third kappa shape index (κ3) is 7.55. The summed E-state index contributed by atoms with van der Waals surface area (Å²) in [6.45, 7) is 4.01. The van der Waals surface area contributed by atoms with Crippen LogP contribution in [0.2, 0.25) is 5.02 Å². The molecule has 0 fully saturated rings. The predicted molar refractivity (Wildman–Crippen MR) is 134 cm³/mol. The molecule has 7 nitrogen and oxygen atoms in total. The summed E-state index contributed by atoms with van der Waals surface area (Å²) in [7, 11) is 0. The van der Waals surface area contributed by atoms with Gasteiger partial charge >= 0.3 is 0 Å². The molecule has 0 saturated heterocycles. The molecule has 31 heavy (non-hydrogen) atoms. The maximum absolute atomic E-state index is 12.2. The van der Waals surface area contributed by atoms with Crippen molar-refractivity contribution in [1.29, 1.82) is 0 Å². The van der Waals surface area contributed by atoms with E-state index in [9.17, 15) is 4.79 Å². The summed E-state index contributed by atoms with van der Waals surface area (Å²) in [5, 5.41) is 9.62. The number of rotatable bonds is 8. The lowest BCUT2D eigenvalue weighted by Crippen LogP contribution is -2.41. The highest BCUT2D eigenvalue weighted by atomic mass is 127. The maximum atomic E-state index is 12.2. The Morgan fingerprint density at radius 3 is 2.48 bits per heavy atom. The van der Waals surface area contributed by atoms with Gasteiger partial charge in [-0.2, -0.15) is 0 Å². The number of hydrogen-bond acceptors (Lipinski definition) is 4. The second kappa shape index (κ2) is 13.0. The van der Waals surface area contributed by atoms with Crippen LogP contribution in [0.15, 0.2) is 70.3 Å². The molecule has 1 heterocycles. The standard InChI is InChI=1S/C22H24ClN5O2.HI/c1-2-24-22(26-13-12-25-20(29)18-10-6-7-11-19(18)23)27-14-17-15-30-21(28-17)16-8-4-3-5-9-16;/h3-11,15H,2,12-14H2,1H3,(H,25,29)(H2,24,26,27);1H. The van der Waals surface area contributed by atoms with Crippen molar-refractivity contribution >= 4 is 47.4 Å². The van der Waals surface area contributed by atoms with E-state index in [0.29, 0.717) is 48.6 Å². The lowest BCUT2D eigenvalue weighted by atomic mass is 10.2. The molecule has 3 aromatic rings. The number of benzene rings is 2. The van der Waals surface area contributed by atoms with Crippen molar-refractivity contribution in [1.82, 2.24) is 20.9 Å². The highest BCUT2D eigenvalue weighted by molar-refractivity contribution is 14.0. The number of nitrogens with zero attached hydrogens (tertiary/aromatic N) is 2. The summed E-state index contributed by atoms with van der Waals surface area (Å²) in [5.74, 6) is 0.996.